The number of unbranched alkanes of at least 4 members (excludes halogenated alkanes) is 11. The summed E-state index contributed by atoms with van der Waals surface area (Å²) < 4.78 is 0. The van der Waals surface area contributed by atoms with Crippen LogP contribution in [-0.4, -0.2) is 34.1 Å². The predicted molar refractivity (Wildman–Crippen MR) is 89.4 cm³/mol. The summed E-state index contributed by atoms with van der Waals surface area (Å²) in [5.41, 5.74) is 0. The van der Waals surface area contributed by atoms with Crippen LogP contribution in [0.5, 0.6) is 0 Å². The van der Waals surface area contributed by atoms with Crippen molar-refractivity contribution in [1.82, 2.24) is 0 Å². The SMILES string of the molecule is CC(O)CC(O)CCCCCCCCCCCCCCO. The number of hydrogen-bond donors (Lipinski definition) is 3. The Bertz CT molecular complexity index is 195. The van der Waals surface area contributed by atoms with Gasteiger partial charge >= 0.3 is 0 Å². The lowest BCUT2D eigenvalue weighted by Gasteiger charge is -2.11. The Labute approximate surface area is 131 Å². The maximum Gasteiger partial charge on any atom is 0.0564 e. The number of aliphatic hydroxyl groups is 3. The summed E-state index contributed by atoms with van der Waals surface area (Å²) in [6.45, 7) is 2.08. The van der Waals surface area contributed by atoms with Crippen molar-refractivity contribution < 1.29 is 15.3 Å². The lowest BCUT2D eigenvalue weighted by molar-refractivity contribution is 0.0834. The fourth-order valence-corrected chi connectivity index (χ4v) is 2.77. The molecule has 0 aromatic carbocycles. The Hall–Kier alpha value is -0.120. The van der Waals surface area contributed by atoms with Crippen LogP contribution in [0, 0.1) is 0 Å². The van der Waals surface area contributed by atoms with Crippen LogP contribution in [0.1, 0.15) is 96.8 Å². The van der Waals surface area contributed by atoms with E-state index in [1.54, 1.807) is 6.92 Å². The van der Waals surface area contributed by atoms with Crippen LogP contribution in [-0.2, 0) is 0 Å². The molecule has 0 saturated heterocycles. The van der Waals surface area contributed by atoms with Crippen molar-refractivity contribution in [1.29, 1.82) is 0 Å². The van der Waals surface area contributed by atoms with Gasteiger partial charge in [0.25, 0.3) is 0 Å². The van der Waals surface area contributed by atoms with Crippen molar-refractivity contribution in [2.45, 2.75) is 109 Å². The van der Waals surface area contributed by atoms with Crippen molar-refractivity contribution >= 4 is 0 Å². The van der Waals surface area contributed by atoms with Gasteiger partial charge in [-0.1, -0.05) is 70.6 Å². The molecule has 21 heavy (non-hydrogen) atoms. The van der Waals surface area contributed by atoms with Gasteiger partial charge in [0.1, 0.15) is 0 Å². The van der Waals surface area contributed by atoms with Gasteiger partial charge in [-0.2, -0.15) is 0 Å². The maximum absolute atomic E-state index is 9.62. The van der Waals surface area contributed by atoms with E-state index in [1.807, 2.05) is 0 Å². The van der Waals surface area contributed by atoms with Crippen LogP contribution < -0.4 is 0 Å². The molecule has 0 saturated carbocycles. The Morgan fingerprint density at radius 2 is 1.00 bits per heavy atom. The Balaban J connectivity index is 3.05. The molecule has 0 aliphatic carbocycles. The molecule has 3 N–H and O–H groups in total. The summed E-state index contributed by atoms with van der Waals surface area (Å²) in [4.78, 5) is 0. The lowest BCUT2D eigenvalue weighted by atomic mass is 10.0. The molecule has 0 heterocycles. The minimum atomic E-state index is -0.386. The molecular formula is C18H38O3. The third kappa shape index (κ3) is 17.8. The molecule has 0 fully saturated rings. The van der Waals surface area contributed by atoms with E-state index in [-0.39, 0.29) is 12.2 Å². The van der Waals surface area contributed by atoms with Gasteiger partial charge in [-0.05, 0) is 26.2 Å². The molecule has 2 atom stereocenters. The quantitative estimate of drug-likeness (QED) is 0.375. The minimum absolute atomic E-state index is 0.323. The molecule has 128 valence electrons. The molecule has 0 rings (SSSR count). The largest absolute Gasteiger partial charge is 0.396 e. The minimum Gasteiger partial charge on any atom is -0.396 e. The lowest BCUT2D eigenvalue weighted by Crippen LogP contribution is -2.14. The average molecular weight is 302 g/mol. The second-order valence-electron chi connectivity index (χ2n) is 6.49. The Kier molecular flexibility index (Phi) is 16.2. The second kappa shape index (κ2) is 16.3. The van der Waals surface area contributed by atoms with Gasteiger partial charge in [0, 0.05) is 6.61 Å². The standard InChI is InChI=1S/C18H38O3/c1-17(20)16-18(21)14-12-10-8-6-4-2-3-5-7-9-11-13-15-19/h17-21H,2-16H2,1H3. The number of hydrogen-bond acceptors (Lipinski definition) is 3. The molecule has 3 nitrogen and oxygen atoms in total. The topological polar surface area (TPSA) is 60.7 Å². The zero-order valence-corrected chi connectivity index (χ0v) is 14.1. The van der Waals surface area contributed by atoms with Crippen LogP contribution in [0.4, 0.5) is 0 Å². The van der Waals surface area contributed by atoms with Crippen molar-refractivity contribution in [3.63, 3.8) is 0 Å². The fraction of sp³-hybridized carbons (Fsp3) is 1.00. The van der Waals surface area contributed by atoms with Gasteiger partial charge < -0.3 is 15.3 Å². The monoisotopic (exact) mass is 302 g/mol. The third-order valence-electron chi connectivity index (χ3n) is 4.06. The summed E-state index contributed by atoms with van der Waals surface area (Å²) in [6, 6.07) is 0. The highest BCUT2D eigenvalue weighted by molar-refractivity contribution is 4.60. The summed E-state index contributed by atoms with van der Waals surface area (Å²) in [5, 5.41) is 27.4. The van der Waals surface area contributed by atoms with Crippen LogP contribution in [0.3, 0.4) is 0 Å². The maximum atomic E-state index is 9.62. The summed E-state index contributed by atoms with van der Waals surface area (Å²) in [6.07, 6.45) is 15.6. The van der Waals surface area contributed by atoms with Crippen molar-refractivity contribution in [2.24, 2.45) is 0 Å². The smallest absolute Gasteiger partial charge is 0.0564 e. The third-order valence-corrected chi connectivity index (χ3v) is 4.06. The normalized spacial score (nSPS) is 14.3. The van der Waals surface area contributed by atoms with Crippen molar-refractivity contribution in [3.05, 3.63) is 0 Å². The Morgan fingerprint density at radius 3 is 1.38 bits per heavy atom. The van der Waals surface area contributed by atoms with E-state index in [0.29, 0.717) is 13.0 Å². The molecule has 0 aliphatic rings. The first-order chi connectivity index (χ1) is 10.2. The second-order valence-corrected chi connectivity index (χ2v) is 6.49. The van der Waals surface area contributed by atoms with E-state index in [1.165, 1.54) is 64.2 Å². The fourth-order valence-electron chi connectivity index (χ4n) is 2.77. The predicted octanol–water partition coefficient (Wildman–Crippen LogP) is 4.18. The van der Waals surface area contributed by atoms with Gasteiger partial charge in [0.2, 0.25) is 0 Å². The highest BCUT2D eigenvalue weighted by Crippen LogP contribution is 2.14. The van der Waals surface area contributed by atoms with Crippen LogP contribution in [0.15, 0.2) is 0 Å². The van der Waals surface area contributed by atoms with Gasteiger partial charge in [-0.3, -0.25) is 0 Å². The summed E-state index contributed by atoms with van der Waals surface area (Å²) in [7, 11) is 0. The molecule has 0 aromatic rings. The number of rotatable bonds is 16. The highest BCUT2D eigenvalue weighted by atomic mass is 16.3. The van der Waals surface area contributed by atoms with E-state index >= 15 is 0 Å². The average Bonchev–Trinajstić information content (AvgIpc) is 2.43. The van der Waals surface area contributed by atoms with E-state index in [9.17, 15) is 5.11 Å². The zero-order chi connectivity index (χ0) is 15.8. The van der Waals surface area contributed by atoms with Gasteiger partial charge in [0.15, 0.2) is 0 Å². The molecule has 2 unspecified atom stereocenters. The van der Waals surface area contributed by atoms with E-state index < -0.39 is 0 Å². The first-order valence-electron chi connectivity index (χ1n) is 9.13. The summed E-state index contributed by atoms with van der Waals surface area (Å²) >= 11 is 0. The van der Waals surface area contributed by atoms with E-state index in [2.05, 4.69) is 0 Å². The molecule has 0 amide bonds. The van der Waals surface area contributed by atoms with Gasteiger partial charge in [-0.15, -0.1) is 0 Å². The van der Waals surface area contributed by atoms with Gasteiger partial charge in [-0.25, -0.2) is 0 Å². The molecule has 0 spiro atoms. The van der Waals surface area contributed by atoms with E-state index in [0.717, 1.165) is 19.3 Å². The van der Waals surface area contributed by atoms with Crippen LogP contribution >= 0.6 is 0 Å². The first-order valence-corrected chi connectivity index (χ1v) is 9.13. The van der Waals surface area contributed by atoms with Crippen molar-refractivity contribution in [3.8, 4) is 0 Å². The first kappa shape index (κ1) is 20.9. The number of aliphatic hydroxyl groups excluding tert-OH is 3. The molecule has 0 aromatic heterocycles. The molecule has 0 radical (unpaired) electrons. The summed E-state index contributed by atoms with van der Waals surface area (Å²) in [5.74, 6) is 0. The molecular weight excluding hydrogens is 264 g/mol. The highest BCUT2D eigenvalue weighted by Gasteiger charge is 2.06. The Morgan fingerprint density at radius 1 is 0.619 bits per heavy atom. The van der Waals surface area contributed by atoms with Crippen LogP contribution in [0.2, 0.25) is 0 Å². The van der Waals surface area contributed by atoms with E-state index in [4.69, 9.17) is 10.2 Å². The van der Waals surface area contributed by atoms with Crippen molar-refractivity contribution in [2.75, 3.05) is 6.61 Å². The molecule has 3 heteroatoms. The zero-order valence-electron chi connectivity index (χ0n) is 14.1. The van der Waals surface area contributed by atoms with Gasteiger partial charge in [0.05, 0.1) is 12.2 Å². The molecule has 0 aliphatic heterocycles. The van der Waals surface area contributed by atoms with Crippen LogP contribution in [0.25, 0.3) is 0 Å². The molecule has 0 bridgehead atoms.